The minimum atomic E-state index is 0.174. The Kier molecular flexibility index (Phi) is 4.93. The highest BCUT2D eigenvalue weighted by atomic mass is 79.9. The van der Waals surface area contributed by atoms with Crippen LogP contribution in [0.3, 0.4) is 0 Å². The molecule has 0 aliphatic heterocycles. The van der Waals surface area contributed by atoms with Crippen LogP contribution in [0.2, 0.25) is 0 Å². The fraction of sp³-hybridized carbons (Fsp3) is 0.529. The minimum Gasteiger partial charge on any atom is -0.312 e. The zero-order chi connectivity index (χ0) is 14.9. The van der Waals surface area contributed by atoms with Gasteiger partial charge in [-0.15, -0.1) is 11.3 Å². The second-order valence-electron chi connectivity index (χ2n) is 6.82. The molecule has 1 nitrogen and oxygen atoms in total. The van der Waals surface area contributed by atoms with Crippen LogP contribution in [0.1, 0.15) is 45.1 Å². The molecule has 1 aromatic heterocycles. The number of halogens is 1. The summed E-state index contributed by atoms with van der Waals surface area (Å²) in [5.74, 6) is 0.691. The standard InChI is InChI=1S/C17H24BrNS/c1-11(2)9-19-10-15-16(17(3,4)5)13-8-12(18)6-7-14(13)20-15/h6-8,11,19H,9-10H2,1-5H3. The van der Waals surface area contributed by atoms with Crippen molar-refractivity contribution in [3.05, 3.63) is 33.1 Å². The van der Waals surface area contributed by atoms with E-state index in [-0.39, 0.29) is 5.41 Å². The zero-order valence-corrected chi connectivity index (χ0v) is 15.4. The Labute approximate surface area is 134 Å². The number of benzene rings is 1. The van der Waals surface area contributed by atoms with Crippen molar-refractivity contribution in [2.45, 2.75) is 46.6 Å². The van der Waals surface area contributed by atoms with E-state index in [0.717, 1.165) is 17.6 Å². The van der Waals surface area contributed by atoms with Crippen LogP contribution in [0.5, 0.6) is 0 Å². The van der Waals surface area contributed by atoms with E-state index in [1.54, 1.807) is 0 Å². The first-order valence-corrected chi connectivity index (χ1v) is 8.82. The summed E-state index contributed by atoms with van der Waals surface area (Å²) in [5.41, 5.74) is 1.67. The summed E-state index contributed by atoms with van der Waals surface area (Å²) in [4.78, 5) is 1.48. The molecule has 0 aliphatic rings. The van der Waals surface area contributed by atoms with Crippen molar-refractivity contribution in [2.24, 2.45) is 5.92 Å². The summed E-state index contributed by atoms with van der Waals surface area (Å²) in [6.45, 7) is 13.5. The van der Waals surface area contributed by atoms with Crippen LogP contribution in [-0.4, -0.2) is 6.54 Å². The lowest BCUT2D eigenvalue weighted by Crippen LogP contribution is -2.21. The molecule has 0 aliphatic carbocycles. The lowest BCUT2D eigenvalue weighted by Gasteiger charge is -2.21. The molecule has 0 amide bonds. The monoisotopic (exact) mass is 353 g/mol. The third-order valence-corrected chi connectivity index (χ3v) is 4.98. The van der Waals surface area contributed by atoms with Crippen molar-refractivity contribution in [3.8, 4) is 0 Å². The van der Waals surface area contributed by atoms with Gasteiger partial charge in [0, 0.05) is 20.6 Å². The first kappa shape index (κ1) is 16.0. The van der Waals surface area contributed by atoms with Crippen molar-refractivity contribution < 1.29 is 0 Å². The van der Waals surface area contributed by atoms with Crippen LogP contribution < -0.4 is 5.32 Å². The molecule has 1 aromatic carbocycles. The average molecular weight is 354 g/mol. The maximum absolute atomic E-state index is 3.60. The molecule has 0 saturated carbocycles. The molecule has 0 saturated heterocycles. The van der Waals surface area contributed by atoms with Crippen LogP contribution >= 0.6 is 27.3 Å². The summed E-state index contributed by atoms with van der Waals surface area (Å²) in [7, 11) is 0. The quantitative estimate of drug-likeness (QED) is 0.742. The van der Waals surface area contributed by atoms with E-state index in [2.05, 4.69) is 74.1 Å². The molecule has 0 bridgehead atoms. The summed E-state index contributed by atoms with van der Waals surface area (Å²) < 4.78 is 2.55. The van der Waals surface area contributed by atoms with Crippen molar-refractivity contribution in [2.75, 3.05) is 6.54 Å². The predicted octanol–water partition coefficient (Wildman–Crippen LogP) is 5.71. The highest BCUT2D eigenvalue weighted by Gasteiger charge is 2.23. The van der Waals surface area contributed by atoms with E-state index in [1.807, 2.05) is 11.3 Å². The summed E-state index contributed by atoms with van der Waals surface area (Å²) in [5, 5.41) is 4.99. The fourth-order valence-corrected chi connectivity index (χ4v) is 4.27. The van der Waals surface area contributed by atoms with Crippen molar-refractivity contribution in [3.63, 3.8) is 0 Å². The van der Waals surface area contributed by atoms with Crippen LogP contribution in [0.25, 0.3) is 10.1 Å². The molecule has 3 heteroatoms. The number of rotatable bonds is 4. The van der Waals surface area contributed by atoms with Gasteiger partial charge >= 0.3 is 0 Å². The Morgan fingerprint density at radius 1 is 1.25 bits per heavy atom. The van der Waals surface area contributed by atoms with Gasteiger partial charge in [0.05, 0.1) is 0 Å². The lowest BCUT2D eigenvalue weighted by molar-refractivity contribution is 0.543. The summed E-state index contributed by atoms with van der Waals surface area (Å²) >= 11 is 5.53. The second kappa shape index (κ2) is 6.17. The molecule has 0 unspecified atom stereocenters. The minimum absolute atomic E-state index is 0.174. The number of thiophene rings is 1. The Bertz CT molecular complexity index is 593. The van der Waals surface area contributed by atoms with E-state index in [4.69, 9.17) is 0 Å². The smallest absolute Gasteiger partial charge is 0.0350 e. The number of hydrogen-bond acceptors (Lipinski definition) is 2. The molecule has 2 rings (SSSR count). The van der Waals surface area contributed by atoms with Crippen LogP contribution in [0, 0.1) is 5.92 Å². The molecule has 0 radical (unpaired) electrons. The average Bonchev–Trinajstić information content (AvgIpc) is 2.65. The van der Waals surface area contributed by atoms with E-state index in [0.29, 0.717) is 5.92 Å². The largest absolute Gasteiger partial charge is 0.312 e. The molecule has 1 heterocycles. The van der Waals surface area contributed by atoms with Gasteiger partial charge in [-0.2, -0.15) is 0 Å². The van der Waals surface area contributed by atoms with Crippen LogP contribution in [0.15, 0.2) is 22.7 Å². The van der Waals surface area contributed by atoms with Gasteiger partial charge in [0.2, 0.25) is 0 Å². The first-order valence-electron chi connectivity index (χ1n) is 7.21. The molecule has 0 fully saturated rings. The molecule has 110 valence electrons. The normalized spacial score (nSPS) is 12.6. The zero-order valence-electron chi connectivity index (χ0n) is 13.0. The molecule has 20 heavy (non-hydrogen) atoms. The SMILES string of the molecule is CC(C)CNCc1sc2ccc(Br)cc2c1C(C)(C)C. The van der Waals surface area contributed by atoms with Gasteiger partial charge < -0.3 is 5.32 Å². The second-order valence-corrected chi connectivity index (χ2v) is 8.87. The number of nitrogens with one attached hydrogen (secondary N) is 1. The van der Waals surface area contributed by atoms with Gasteiger partial charge in [0.1, 0.15) is 0 Å². The topological polar surface area (TPSA) is 12.0 Å². The van der Waals surface area contributed by atoms with Crippen molar-refractivity contribution in [1.29, 1.82) is 0 Å². The third kappa shape index (κ3) is 3.63. The Hall–Kier alpha value is -0.380. The van der Waals surface area contributed by atoms with E-state index < -0.39 is 0 Å². The lowest BCUT2D eigenvalue weighted by atomic mass is 9.85. The van der Waals surface area contributed by atoms with Gasteiger partial charge in [0.25, 0.3) is 0 Å². The molecule has 1 N–H and O–H groups in total. The number of fused-ring (bicyclic) bond motifs is 1. The first-order chi connectivity index (χ1) is 9.29. The van der Waals surface area contributed by atoms with E-state index >= 15 is 0 Å². The fourth-order valence-electron chi connectivity index (χ4n) is 2.54. The van der Waals surface area contributed by atoms with Crippen molar-refractivity contribution >= 4 is 37.4 Å². The molecule has 0 atom stereocenters. The van der Waals surface area contributed by atoms with E-state index in [1.165, 1.54) is 20.5 Å². The van der Waals surface area contributed by atoms with Crippen LogP contribution in [0.4, 0.5) is 0 Å². The Balaban J connectivity index is 2.42. The van der Waals surface area contributed by atoms with Crippen LogP contribution in [-0.2, 0) is 12.0 Å². The van der Waals surface area contributed by atoms with Gasteiger partial charge in [0.15, 0.2) is 0 Å². The van der Waals surface area contributed by atoms with Gasteiger partial charge in [-0.1, -0.05) is 50.5 Å². The highest BCUT2D eigenvalue weighted by molar-refractivity contribution is 9.10. The third-order valence-electron chi connectivity index (χ3n) is 3.31. The van der Waals surface area contributed by atoms with Gasteiger partial charge in [-0.3, -0.25) is 0 Å². The number of hydrogen-bond donors (Lipinski definition) is 1. The Morgan fingerprint density at radius 2 is 1.95 bits per heavy atom. The molecular formula is C17H24BrNS. The summed E-state index contributed by atoms with van der Waals surface area (Å²) in [6.07, 6.45) is 0. The molecule has 0 spiro atoms. The molecular weight excluding hydrogens is 330 g/mol. The maximum atomic E-state index is 3.60. The van der Waals surface area contributed by atoms with Gasteiger partial charge in [-0.05, 0) is 47.0 Å². The molecule has 2 aromatic rings. The Morgan fingerprint density at radius 3 is 2.55 bits per heavy atom. The van der Waals surface area contributed by atoms with E-state index in [9.17, 15) is 0 Å². The van der Waals surface area contributed by atoms with Crippen molar-refractivity contribution in [1.82, 2.24) is 5.32 Å². The highest BCUT2D eigenvalue weighted by Crippen LogP contribution is 2.40. The predicted molar refractivity (Wildman–Crippen MR) is 94.8 cm³/mol. The van der Waals surface area contributed by atoms with Gasteiger partial charge in [-0.25, -0.2) is 0 Å². The maximum Gasteiger partial charge on any atom is 0.0350 e. The summed E-state index contributed by atoms with van der Waals surface area (Å²) in [6, 6.07) is 6.63.